The summed E-state index contributed by atoms with van der Waals surface area (Å²) < 4.78 is 0. The molecule has 3 rings (SSSR count). The Morgan fingerprint density at radius 1 is 1.00 bits per heavy atom. The monoisotopic (exact) mass is 228 g/mol. The Hall–Kier alpha value is -1.11. The lowest BCUT2D eigenvalue weighted by atomic mass is 9.87. The molecular formula is C16H20O. The normalized spacial score (nSPS) is 23.8. The Morgan fingerprint density at radius 3 is 2.47 bits per heavy atom. The van der Waals surface area contributed by atoms with Crippen LogP contribution in [0.15, 0.2) is 12.1 Å². The number of ketones is 1. The first-order valence-electron chi connectivity index (χ1n) is 6.92. The lowest BCUT2D eigenvalue weighted by molar-refractivity contribution is 0.0967. The number of aryl methyl sites for hydroxylation is 3. The average Bonchev–Trinajstić information content (AvgIpc) is 2.47. The number of carbonyl (C=O) groups is 1. The first kappa shape index (κ1) is 11.0. The minimum absolute atomic E-state index is 0.373. The molecule has 0 saturated heterocycles. The van der Waals surface area contributed by atoms with E-state index in [4.69, 9.17) is 0 Å². The summed E-state index contributed by atoms with van der Waals surface area (Å²) in [7, 11) is 0. The zero-order chi connectivity index (χ0) is 11.8. The van der Waals surface area contributed by atoms with Gasteiger partial charge in [0.05, 0.1) is 0 Å². The van der Waals surface area contributed by atoms with Crippen LogP contribution in [0.25, 0.3) is 0 Å². The van der Waals surface area contributed by atoms with Crippen molar-refractivity contribution in [3.63, 3.8) is 0 Å². The van der Waals surface area contributed by atoms with Gasteiger partial charge in [-0.3, -0.25) is 4.79 Å². The van der Waals surface area contributed by atoms with E-state index < -0.39 is 0 Å². The summed E-state index contributed by atoms with van der Waals surface area (Å²) in [6.45, 7) is 2.20. The van der Waals surface area contributed by atoms with E-state index in [2.05, 4.69) is 19.1 Å². The lowest BCUT2D eigenvalue weighted by Crippen LogP contribution is -2.08. The van der Waals surface area contributed by atoms with Crippen molar-refractivity contribution in [2.24, 2.45) is 5.92 Å². The van der Waals surface area contributed by atoms with E-state index >= 15 is 0 Å². The first-order valence-corrected chi connectivity index (χ1v) is 6.92. The molecule has 0 spiro atoms. The largest absolute Gasteiger partial charge is 0.294 e. The molecule has 17 heavy (non-hydrogen) atoms. The number of Topliss-reactive ketones (excluding diaryl/α,β-unsaturated/α-hetero) is 1. The van der Waals surface area contributed by atoms with Gasteiger partial charge in [0, 0.05) is 12.0 Å². The van der Waals surface area contributed by atoms with Crippen molar-refractivity contribution in [3.05, 3.63) is 34.4 Å². The van der Waals surface area contributed by atoms with Gasteiger partial charge in [-0.1, -0.05) is 13.0 Å². The van der Waals surface area contributed by atoms with Gasteiger partial charge in [0.2, 0.25) is 0 Å². The van der Waals surface area contributed by atoms with Crippen LogP contribution in [-0.4, -0.2) is 5.78 Å². The number of benzene rings is 1. The van der Waals surface area contributed by atoms with E-state index in [1.54, 1.807) is 0 Å². The van der Waals surface area contributed by atoms with Gasteiger partial charge < -0.3 is 0 Å². The fourth-order valence-corrected chi connectivity index (χ4v) is 3.23. The SMILES string of the molecule is CC1CCc2cc3c(cc2C(=O)C1)CCCC3. The molecule has 0 aliphatic heterocycles. The van der Waals surface area contributed by atoms with Gasteiger partial charge in [-0.15, -0.1) is 0 Å². The summed E-state index contributed by atoms with van der Waals surface area (Å²) in [6.07, 6.45) is 7.99. The molecule has 1 unspecified atom stereocenters. The quantitative estimate of drug-likeness (QED) is 0.618. The molecule has 1 atom stereocenters. The van der Waals surface area contributed by atoms with Crippen molar-refractivity contribution >= 4 is 5.78 Å². The Balaban J connectivity index is 2.06. The summed E-state index contributed by atoms with van der Waals surface area (Å²) >= 11 is 0. The molecule has 2 aliphatic carbocycles. The Bertz CT molecular complexity index is 459. The van der Waals surface area contributed by atoms with Gasteiger partial charge in [-0.05, 0) is 67.2 Å². The van der Waals surface area contributed by atoms with Crippen LogP contribution < -0.4 is 0 Å². The average molecular weight is 228 g/mol. The van der Waals surface area contributed by atoms with Crippen molar-refractivity contribution in [2.75, 3.05) is 0 Å². The standard InChI is InChI=1S/C16H20O/c1-11-6-7-14-9-12-4-2-3-5-13(12)10-15(14)16(17)8-11/h9-11H,2-8H2,1H3. The lowest BCUT2D eigenvalue weighted by Gasteiger charge is -2.18. The number of rotatable bonds is 0. The molecule has 1 nitrogen and oxygen atoms in total. The van der Waals surface area contributed by atoms with Crippen LogP contribution in [-0.2, 0) is 19.3 Å². The van der Waals surface area contributed by atoms with Crippen LogP contribution in [0.2, 0.25) is 0 Å². The summed E-state index contributed by atoms with van der Waals surface area (Å²) in [5.74, 6) is 0.922. The van der Waals surface area contributed by atoms with E-state index in [1.165, 1.54) is 42.4 Å². The van der Waals surface area contributed by atoms with Crippen LogP contribution in [0.4, 0.5) is 0 Å². The van der Waals surface area contributed by atoms with Crippen LogP contribution in [0, 0.1) is 5.92 Å². The Labute approximate surface area is 103 Å². The summed E-state index contributed by atoms with van der Waals surface area (Å²) in [5.41, 5.74) is 5.31. The van der Waals surface area contributed by atoms with Gasteiger partial charge in [-0.2, -0.15) is 0 Å². The van der Waals surface area contributed by atoms with Crippen LogP contribution >= 0.6 is 0 Å². The highest BCUT2D eigenvalue weighted by Crippen LogP contribution is 2.30. The van der Waals surface area contributed by atoms with Crippen molar-refractivity contribution in [1.82, 2.24) is 0 Å². The van der Waals surface area contributed by atoms with Crippen LogP contribution in [0.5, 0.6) is 0 Å². The minimum Gasteiger partial charge on any atom is -0.294 e. The van der Waals surface area contributed by atoms with Gasteiger partial charge in [0.25, 0.3) is 0 Å². The van der Waals surface area contributed by atoms with E-state index in [0.29, 0.717) is 11.7 Å². The number of hydrogen-bond donors (Lipinski definition) is 0. The smallest absolute Gasteiger partial charge is 0.163 e. The van der Waals surface area contributed by atoms with E-state index in [-0.39, 0.29) is 0 Å². The maximum atomic E-state index is 12.2. The van der Waals surface area contributed by atoms with Gasteiger partial charge in [0.15, 0.2) is 5.78 Å². The summed E-state index contributed by atoms with van der Waals surface area (Å²) in [4.78, 5) is 12.2. The van der Waals surface area contributed by atoms with Crippen molar-refractivity contribution in [2.45, 2.75) is 51.9 Å². The van der Waals surface area contributed by atoms with Crippen molar-refractivity contribution in [1.29, 1.82) is 0 Å². The third-order valence-corrected chi connectivity index (χ3v) is 4.31. The Kier molecular flexibility index (Phi) is 2.78. The van der Waals surface area contributed by atoms with Gasteiger partial charge in [0.1, 0.15) is 0 Å². The highest BCUT2D eigenvalue weighted by Gasteiger charge is 2.22. The molecule has 0 saturated carbocycles. The van der Waals surface area contributed by atoms with Crippen LogP contribution in [0.1, 0.15) is 59.7 Å². The fraction of sp³-hybridized carbons (Fsp3) is 0.562. The number of fused-ring (bicyclic) bond motifs is 2. The molecule has 1 aromatic rings. The number of hydrogen-bond acceptors (Lipinski definition) is 1. The zero-order valence-corrected chi connectivity index (χ0v) is 10.6. The molecule has 0 heterocycles. The van der Waals surface area contributed by atoms with E-state index in [9.17, 15) is 4.79 Å². The maximum absolute atomic E-state index is 12.2. The zero-order valence-electron chi connectivity index (χ0n) is 10.6. The molecule has 0 fully saturated rings. The minimum atomic E-state index is 0.373. The molecule has 0 radical (unpaired) electrons. The van der Waals surface area contributed by atoms with Gasteiger partial charge in [-0.25, -0.2) is 0 Å². The molecule has 1 heteroatoms. The summed E-state index contributed by atoms with van der Waals surface area (Å²) in [5, 5.41) is 0. The molecular weight excluding hydrogens is 208 g/mol. The molecule has 0 N–H and O–H groups in total. The van der Waals surface area contributed by atoms with E-state index in [1.807, 2.05) is 0 Å². The summed E-state index contributed by atoms with van der Waals surface area (Å²) in [6, 6.07) is 4.55. The third-order valence-electron chi connectivity index (χ3n) is 4.31. The molecule has 90 valence electrons. The molecule has 0 bridgehead atoms. The fourth-order valence-electron chi connectivity index (χ4n) is 3.23. The van der Waals surface area contributed by atoms with Crippen LogP contribution in [0.3, 0.4) is 0 Å². The predicted octanol–water partition coefficient (Wildman–Crippen LogP) is 3.72. The maximum Gasteiger partial charge on any atom is 0.163 e. The molecule has 0 amide bonds. The number of carbonyl (C=O) groups excluding carboxylic acids is 1. The first-order chi connectivity index (χ1) is 8.24. The third kappa shape index (κ3) is 2.03. The molecule has 2 aliphatic rings. The second kappa shape index (κ2) is 4.29. The molecule has 0 aromatic heterocycles. The van der Waals surface area contributed by atoms with Gasteiger partial charge >= 0.3 is 0 Å². The highest BCUT2D eigenvalue weighted by atomic mass is 16.1. The molecule has 1 aromatic carbocycles. The van der Waals surface area contributed by atoms with E-state index in [0.717, 1.165) is 24.8 Å². The second-order valence-corrected chi connectivity index (χ2v) is 5.76. The van der Waals surface area contributed by atoms with Crippen molar-refractivity contribution < 1.29 is 4.79 Å². The van der Waals surface area contributed by atoms with Crippen molar-refractivity contribution in [3.8, 4) is 0 Å². The topological polar surface area (TPSA) is 17.1 Å². The highest BCUT2D eigenvalue weighted by molar-refractivity contribution is 5.98. The Morgan fingerprint density at radius 2 is 1.71 bits per heavy atom. The second-order valence-electron chi connectivity index (χ2n) is 5.76. The predicted molar refractivity (Wildman–Crippen MR) is 69.5 cm³/mol.